The molecule has 0 saturated heterocycles. The number of nitrogens with zero attached hydrogens (tertiary/aromatic N) is 2. The van der Waals surface area contributed by atoms with Crippen LogP contribution in [0.25, 0.3) is 22.2 Å². The van der Waals surface area contributed by atoms with E-state index in [4.69, 9.17) is 4.74 Å². The highest BCUT2D eigenvalue weighted by molar-refractivity contribution is 6.08. The van der Waals surface area contributed by atoms with E-state index < -0.39 is 6.09 Å². The van der Waals surface area contributed by atoms with Crippen molar-refractivity contribution in [1.82, 2.24) is 15.0 Å². The average molecular weight is 338 g/mol. The fraction of sp³-hybridized carbons (Fsp3) is 0.222. The molecule has 0 radical (unpaired) electrons. The molecule has 3 rings (SSSR count). The summed E-state index contributed by atoms with van der Waals surface area (Å²) < 4.78 is 4.85. The zero-order valence-electron chi connectivity index (χ0n) is 14.0. The molecule has 128 valence electrons. The summed E-state index contributed by atoms with van der Waals surface area (Å²) in [6, 6.07) is 7.44. The van der Waals surface area contributed by atoms with Crippen LogP contribution < -0.4 is 5.32 Å². The van der Waals surface area contributed by atoms with E-state index in [1.807, 2.05) is 18.2 Å². The Balaban J connectivity index is 2.10. The molecular weight excluding hydrogens is 320 g/mol. The van der Waals surface area contributed by atoms with E-state index in [0.29, 0.717) is 23.0 Å². The molecule has 25 heavy (non-hydrogen) atoms. The number of rotatable bonds is 5. The predicted octanol–water partition coefficient (Wildman–Crippen LogP) is 3.79. The lowest BCUT2D eigenvalue weighted by Crippen LogP contribution is -2.14. The standard InChI is InChI=1S/C18H18N4O3/c1-3-15(23)13-8-12(11-6-5-7-19-10-11)9-14-16(13)21-17(20-14)22-18(24)25-4-2/h5-10H,3-4H2,1-2H3,(H2,20,21,22,24). The van der Waals surface area contributed by atoms with Gasteiger partial charge < -0.3 is 9.72 Å². The second kappa shape index (κ2) is 7.12. The fourth-order valence-electron chi connectivity index (χ4n) is 2.54. The van der Waals surface area contributed by atoms with Crippen LogP contribution >= 0.6 is 0 Å². The number of H-pyrrole nitrogens is 1. The van der Waals surface area contributed by atoms with E-state index in [0.717, 1.165) is 11.1 Å². The number of aromatic nitrogens is 3. The first kappa shape index (κ1) is 16.6. The van der Waals surface area contributed by atoms with Gasteiger partial charge in [0.1, 0.15) is 5.52 Å². The van der Waals surface area contributed by atoms with Crippen LogP contribution in [0.3, 0.4) is 0 Å². The van der Waals surface area contributed by atoms with Crippen molar-refractivity contribution >= 4 is 28.9 Å². The highest BCUT2D eigenvalue weighted by Crippen LogP contribution is 2.28. The number of fused-ring (bicyclic) bond motifs is 1. The Bertz CT molecular complexity index is 919. The van der Waals surface area contributed by atoms with E-state index in [9.17, 15) is 9.59 Å². The highest BCUT2D eigenvalue weighted by atomic mass is 16.5. The zero-order valence-corrected chi connectivity index (χ0v) is 14.0. The maximum atomic E-state index is 12.4. The maximum absolute atomic E-state index is 12.4. The van der Waals surface area contributed by atoms with E-state index in [-0.39, 0.29) is 18.3 Å². The molecule has 2 heterocycles. The van der Waals surface area contributed by atoms with Crippen molar-refractivity contribution < 1.29 is 14.3 Å². The minimum Gasteiger partial charge on any atom is -0.450 e. The van der Waals surface area contributed by atoms with Crippen molar-refractivity contribution in [3.05, 3.63) is 42.2 Å². The van der Waals surface area contributed by atoms with E-state index in [2.05, 4.69) is 20.3 Å². The normalized spacial score (nSPS) is 10.6. The molecule has 2 aromatic heterocycles. The minimum absolute atomic E-state index is 0.0232. The van der Waals surface area contributed by atoms with Crippen molar-refractivity contribution in [3.8, 4) is 11.1 Å². The number of ketones is 1. The van der Waals surface area contributed by atoms with E-state index in [1.54, 1.807) is 32.3 Å². The van der Waals surface area contributed by atoms with Crippen LogP contribution in [0.4, 0.5) is 10.7 Å². The molecule has 0 bridgehead atoms. The SMILES string of the molecule is CCOC(=O)Nc1nc2c(C(=O)CC)cc(-c3cccnc3)cc2[nH]1. The Hall–Kier alpha value is -3.22. The zero-order chi connectivity index (χ0) is 17.8. The quantitative estimate of drug-likeness (QED) is 0.690. The number of nitrogens with one attached hydrogen (secondary N) is 2. The van der Waals surface area contributed by atoms with Gasteiger partial charge in [-0.3, -0.25) is 15.1 Å². The number of carbonyl (C=O) groups excluding carboxylic acids is 2. The molecule has 7 nitrogen and oxygen atoms in total. The van der Waals surface area contributed by atoms with Gasteiger partial charge in [-0.15, -0.1) is 0 Å². The van der Waals surface area contributed by atoms with Gasteiger partial charge in [-0.25, -0.2) is 9.78 Å². The van der Waals surface area contributed by atoms with Gasteiger partial charge in [0.25, 0.3) is 0 Å². The van der Waals surface area contributed by atoms with Crippen LogP contribution in [0.1, 0.15) is 30.6 Å². The number of carbonyl (C=O) groups is 2. The number of anilines is 1. The van der Waals surface area contributed by atoms with Gasteiger partial charge in [0.2, 0.25) is 5.95 Å². The number of Topliss-reactive ketones (excluding diaryl/α,β-unsaturated/α-hetero) is 1. The third kappa shape index (κ3) is 3.50. The summed E-state index contributed by atoms with van der Waals surface area (Å²) in [7, 11) is 0. The van der Waals surface area contributed by atoms with Gasteiger partial charge in [-0.1, -0.05) is 13.0 Å². The molecule has 0 aliphatic heterocycles. The van der Waals surface area contributed by atoms with Crippen molar-refractivity contribution in [2.45, 2.75) is 20.3 Å². The van der Waals surface area contributed by atoms with Crippen molar-refractivity contribution in [2.75, 3.05) is 11.9 Å². The van der Waals surface area contributed by atoms with Crippen molar-refractivity contribution in [1.29, 1.82) is 0 Å². The van der Waals surface area contributed by atoms with E-state index >= 15 is 0 Å². The lowest BCUT2D eigenvalue weighted by molar-refractivity contribution is 0.0989. The average Bonchev–Trinajstić information content (AvgIpc) is 3.03. The number of hydrogen-bond acceptors (Lipinski definition) is 5. The van der Waals surface area contributed by atoms with Gasteiger partial charge in [0.05, 0.1) is 12.1 Å². The Morgan fingerprint density at radius 2 is 2.08 bits per heavy atom. The number of imidazole rings is 1. The Morgan fingerprint density at radius 3 is 2.76 bits per heavy atom. The van der Waals surface area contributed by atoms with Crippen LogP contribution in [-0.4, -0.2) is 33.4 Å². The lowest BCUT2D eigenvalue weighted by Gasteiger charge is -2.05. The fourth-order valence-corrected chi connectivity index (χ4v) is 2.54. The van der Waals surface area contributed by atoms with Crippen molar-refractivity contribution in [2.24, 2.45) is 0 Å². The minimum atomic E-state index is -0.600. The molecule has 0 atom stereocenters. The molecule has 7 heteroatoms. The Kier molecular flexibility index (Phi) is 4.74. The van der Waals surface area contributed by atoms with Crippen LogP contribution in [0.5, 0.6) is 0 Å². The first-order valence-electron chi connectivity index (χ1n) is 8.03. The Morgan fingerprint density at radius 1 is 1.24 bits per heavy atom. The monoisotopic (exact) mass is 338 g/mol. The van der Waals surface area contributed by atoms with Gasteiger partial charge in [0.15, 0.2) is 5.78 Å². The summed E-state index contributed by atoms with van der Waals surface area (Å²) in [5.74, 6) is 0.215. The Labute approximate surface area is 144 Å². The highest BCUT2D eigenvalue weighted by Gasteiger charge is 2.16. The number of ether oxygens (including phenoxy) is 1. The molecule has 0 spiro atoms. The molecule has 0 unspecified atom stereocenters. The summed E-state index contributed by atoms with van der Waals surface area (Å²) in [5, 5.41) is 2.52. The number of aromatic amines is 1. The smallest absolute Gasteiger partial charge is 0.413 e. The largest absolute Gasteiger partial charge is 0.450 e. The summed E-state index contributed by atoms with van der Waals surface area (Å²) in [4.78, 5) is 35.4. The summed E-state index contributed by atoms with van der Waals surface area (Å²) in [6.07, 6.45) is 3.18. The maximum Gasteiger partial charge on any atom is 0.413 e. The molecule has 1 amide bonds. The first-order valence-corrected chi connectivity index (χ1v) is 8.03. The molecule has 1 aromatic carbocycles. The summed E-state index contributed by atoms with van der Waals surface area (Å²) in [5.41, 5.74) is 3.43. The van der Waals surface area contributed by atoms with Gasteiger partial charge in [-0.05, 0) is 30.7 Å². The predicted molar refractivity (Wildman–Crippen MR) is 94.6 cm³/mol. The number of hydrogen-bond donors (Lipinski definition) is 2. The van der Waals surface area contributed by atoms with Crippen LogP contribution in [0.15, 0.2) is 36.7 Å². The molecular formula is C18H18N4O3. The second-order valence-electron chi connectivity index (χ2n) is 5.37. The molecule has 2 N–H and O–H groups in total. The third-order valence-electron chi connectivity index (χ3n) is 3.70. The topological polar surface area (TPSA) is 97.0 Å². The van der Waals surface area contributed by atoms with Crippen LogP contribution in [0, 0.1) is 0 Å². The summed E-state index contributed by atoms with van der Waals surface area (Å²) in [6.45, 7) is 3.78. The molecule has 0 aliphatic rings. The lowest BCUT2D eigenvalue weighted by atomic mass is 10.00. The van der Waals surface area contributed by atoms with Crippen LogP contribution in [0.2, 0.25) is 0 Å². The molecule has 3 aromatic rings. The van der Waals surface area contributed by atoms with Crippen LogP contribution in [-0.2, 0) is 4.74 Å². The second-order valence-corrected chi connectivity index (χ2v) is 5.37. The van der Waals surface area contributed by atoms with E-state index in [1.165, 1.54) is 0 Å². The number of amides is 1. The molecule has 0 saturated carbocycles. The van der Waals surface area contributed by atoms with Gasteiger partial charge in [-0.2, -0.15) is 0 Å². The number of pyridine rings is 1. The third-order valence-corrected chi connectivity index (χ3v) is 3.70. The van der Waals surface area contributed by atoms with Gasteiger partial charge in [0, 0.05) is 29.9 Å². The van der Waals surface area contributed by atoms with Gasteiger partial charge >= 0.3 is 6.09 Å². The number of benzene rings is 1. The molecule has 0 aliphatic carbocycles. The summed E-state index contributed by atoms with van der Waals surface area (Å²) >= 11 is 0. The molecule has 0 fully saturated rings. The first-order chi connectivity index (χ1) is 12.1. The van der Waals surface area contributed by atoms with Crippen molar-refractivity contribution in [3.63, 3.8) is 0 Å².